The number of amides is 2. The van der Waals surface area contributed by atoms with E-state index < -0.39 is 5.91 Å². The zero-order chi connectivity index (χ0) is 19.4. The number of hydrogen-bond donors (Lipinski definition) is 2. The van der Waals surface area contributed by atoms with Crippen molar-refractivity contribution in [3.05, 3.63) is 29.3 Å². The fraction of sp³-hybridized carbons (Fsp3) is 0.571. The molecule has 2 aliphatic carbocycles. The summed E-state index contributed by atoms with van der Waals surface area (Å²) < 4.78 is 5.08. The van der Waals surface area contributed by atoms with Crippen LogP contribution in [-0.2, 0) is 19.1 Å². The van der Waals surface area contributed by atoms with Crippen LogP contribution in [0, 0.1) is 31.6 Å². The van der Waals surface area contributed by atoms with E-state index in [1.807, 2.05) is 32.0 Å². The molecule has 2 bridgehead atoms. The van der Waals surface area contributed by atoms with E-state index in [-0.39, 0.29) is 25.0 Å². The van der Waals surface area contributed by atoms with Crippen molar-refractivity contribution in [1.82, 2.24) is 5.32 Å². The maximum absolute atomic E-state index is 12.0. The van der Waals surface area contributed by atoms with E-state index in [9.17, 15) is 14.4 Å². The van der Waals surface area contributed by atoms with Gasteiger partial charge in [0.15, 0.2) is 6.61 Å². The highest BCUT2D eigenvalue weighted by Crippen LogP contribution is 2.49. The predicted molar refractivity (Wildman–Crippen MR) is 102 cm³/mol. The molecule has 3 atom stereocenters. The van der Waals surface area contributed by atoms with Crippen molar-refractivity contribution in [3.8, 4) is 0 Å². The van der Waals surface area contributed by atoms with Crippen LogP contribution < -0.4 is 10.6 Å². The van der Waals surface area contributed by atoms with E-state index in [4.69, 9.17) is 4.74 Å². The molecule has 1 aromatic rings. The quantitative estimate of drug-likeness (QED) is 0.721. The van der Waals surface area contributed by atoms with Crippen LogP contribution in [0.3, 0.4) is 0 Å². The van der Waals surface area contributed by atoms with Gasteiger partial charge in [0.2, 0.25) is 5.91 Å². The smallest absolute Gasteiger partial charge is 0.306 e. The molecule has 146 valence electrons. The van der Waals surface area contributed by atoms with Gasteiger partial charge in [-0.2, -0.15) is 0 Å². The number of ether oxygens (including phenoxy) is 1. The monoisotopic (exact) mass is 372 g/mol. The molecule has 2 amide bonds. The average molecular weight is 372 g/mol. The van der Waals surface area contributed by atoms with Crippen molar-refractivity contribution in [1.29, 1.82) is 0 Å². The molecule has 2 aliphatic rings. The van der Waals surface area contributed by atoms with E-state index in [1.165, 1.54) is 19.3 Å². The van der Waals surface area contributed by atoms with Crippen LogP contribution in [0.4, 0.5) is 5.69 Å². The highest BCUT2D eigenvalue weighted by molar-refractivity contribution is 5.95. The number of anilines is 1. The van der Waals surface area contributed by atoms with E-state index in [1.54, 1.807) is 0 Å². The predicted octanol–water partition coefficient (Wildman–Crippen LogP) is 2.73. The second-order valence-electron chi connectivity index (χ2n) is 7.87. The van der Waals surface area contributed by atoms with Crippen LogP contribution in [-0.4, -0.2) is 30.9 Å². The van der Waals surface area contributed by atoms with Gasteiger partial charge in [-0.15, -0.1) is 0 Å². The molecule has 0 saturated heterocycles. The number of esters is 1. The van der Waals surface area contributed by atoms with Crippen LogP contribution in [0.15, 0.2) is 18.2 Å². The van der Waals surface area contributed by atoms with Gasteiger partial charge in [0.1, 0.15) is 0 Å². The molecule has 2 N–H and O–H groups in total. The lowest BCUT2D eigenvalue weighted by molar-refractivity contribution is -0.149. The summed E-state index contributed by atoms with van der Waals surface area (Å²) in [5.41, 5.74) is 2.80. The number of aryl methyl sites for hydroxylation is 1. The van der Waals surface area contributed by atoms with Gasteiger partial charge in [-0.05, 0) is 68.1 Å². The fourth-order valence-corrected chi connectivity index (χ4v) is 4.36. The summed E-state index contributed by atoms with van der Waals surface area (Å²) in [6.45, 7) is 3.41. The summed E-state index contributed by atoms with van der Waals surface area (Å²) in [6, 6.07) is 5.66. The number of carbonyl (C=O) groups excluding carboxylic acids is 3. The Morgan fingerprint density at radius 3 is 2.63 bits per heavy atom. The summed E-state index contributed by atoms with van der Waals surface area (Å²) in [5.74, 6) is 0.764. The number of carbonyl (C=O) groups is 3. The third kappa shape index (κ3) is 5.08. The van der Waals surface area contributed by atoms with Crippen LogP contribution in [0.5, 0.6) is 0 Å². The third-order valence-corrected chi connectivity index (χ3v) is 6.00. The largest absolute Gasteiger partial charge is 0.456 e. The van der Waals surface area contributed by atoms with Crippen molar-refractivity contribution in [2.75, 3.05) is 18.5 Å². The number of nitrogens with one attached hydrogen (secondary N) is 2. The second kappa shape index (κ2) is 8.55. The van der Waals surface area contributed by atoms with Gasteiger partial charge in [-0.3, -0.25) is 14.4 Å². The van der Waals surface area contributed by atoms with E-state index in [0.29, 0.717) is 18.3 Å². The lowest BCUT2D eigenvalue weighted by Gasteiger charge is -2.20. The molecule has 6 nitrogen and oxygen atoms in total. The topological polar surface area (TPSA) is 84.5 Å². The molecule has 0 aromatic heterocycles. The summed E-state index contributed by atoms with van der Waals surface area (Å²) in [5, 5.41) is 5.26. The Balaban J connectivity index is 1.33. The maximum Gasteiger partial charge on any atom is 0.306 e. The minimum Gasteiger partial charge on any atom is -0.456 e. The number of fused-ring (bicyclic) bond motifs is 2. The Morgan fingerprint density at radius 1 is 1.11 bits per heavy atom. The number of rotatable bonds is 7. The van der Waals surface area contributed by atoms with Crippen LogP contribution >= 0.6 is 0 Å². The Hall–Kier alpha value is -2.37. The van der Waals surface area contributed by atoms with Crippen molar-refractivity contribution >= 4 is 23.5 Å². The van der Waals surface area contributed by atoms with Crippen molar-refractivity contribution in [2.45, 2.75) is 46.0 Å². The third-order valence-electron chi connectivity index (χ3n) is 6.00. The van der Waals surface area contributed by atoms with E-state index in [0.717, 1.165) is 29.2 Å². The molecule has 0 radical (unpaired) electrons. The average Bonchev–Trinajstić information content (AvgIpc) is 3.25. The SMILES string of the molecule is Cc1cccc(NC(=O)CNC(=O)COC(=O)C[C@H]2C[C@H]3CC[C@@H]2C3)c1C. The van der Waals surface area contributed by atoms with Gasteiger partial charge in [0, 0.05) is 12.1 Å². The van der Waals surface area contributed by atoms with Crippen LogP contribution in [0.25, 0.3) is 0 Å². The van der Waals surface area contributed by atoms with Crippen molar-refractivity contribution in [3.63, 3.8) is 0 Å². The Morgan fingerprint density at radius 2 is 1.93 bits per heavy atom. The highest BCUT2D eigenvalue weighted by Gasteiger charge is 2.40. The molecule has 0 spiro atoms. The first-order valence-electron chi connectivity index (χ1n) is 9.70. The second-order valence-corrected chi connectivity index (χ2v) is 7.87. The summed E-state index contributed by atoms with van der Waals surface area (Å²) in [7, 11) is 0. The standard InChI is InChI=1S/C21H28N2O4/c1-13-4-3-5-18(14(13)2)23-19(24)11-22-20(25)12-27-21(26)10-17-9-15-6-7-16(17)8-15/h3-5,15-17H,6-12H2,1-2H3,(H,22,25)(H,23,24)/t15-,16+,17+/m0/s1. The first-order chi connectivity index (χ1) is 12.9. The van der Waals surface area contributed by atoms with E-state index >= 15 is 0 Å². The minimum absolute atomic E-state index is 0.157. The Bertz CT molecular complexity index is 731. The summed E-state index contributed by atoms with van der Waals surface area (Å²) in [4.78, 5) is 35.8. The van der Waals surface area contributed by atoms with Gasteiger partial charge in [-0.25, -0.2) is 0 Å². The molecule has 27 heavy (non-hydrogen) atoms. The molecule has 3 rings (SSSR count). The first-order valence-corrected chi connectivity index (χ1v) is 9.70. The summed E-state index contributed by atoms with van der Waals surface area (Å²) >= 11 is 0. The van der Waals surface area contributed by atoms with Gasteiger partial charge in [-0.1, -0.05) is 18.6 Å². The van der Waals surface area contributed by atoms with E-state index in [2.05, 4.69) is 10.6 Å². The number of benzene rings is 1. The normalized spacial score (nSPS) is 23.1. The van der Waals surface area contributed by atoms with Crippen LogP contribution in [0.1, 0.15) is 43.2 Å². The molecular formula is C21H28N2O4. The minimum atomic E-state index is -0.465. The molecule has 0 unspecified atom stereocenters. The van der Waals surface area contributed by atoms with Gasteiger partial charge in [0.25, 0.3) is 5.91 Å². The molecule has 2 fully saturated rings. The summed E-state index contributed by atoms with van der Waals surface area (Å²) in [6.07, 6.45) is 5.28. The highest BCUT2D eigenvalue weighted by atomic mass is 16.5. The van der Waals surface area contributed by atoms with Gasteiger partial charge >= 0.3 is 5.97 Å². The zero-order valence-electron chi connectivity index (χ0n) is 16.0. The van der Waals surface area contributed by atoms with Crippen molar-refractivity contribution in [2.24, 2.45) is 17.8 Å². The van der Waals surface area contributed by atoms with Gasteiger partial charge < -0.3 is 15.4 Å². The lowest BCUT2D eigenvalue weighted by Crippen LogP contribution is -2.35. The molecule has 0 aliphatic heterocycles. The first kappa shape index (κ1) is 19.4. The zero-order valence-corrected chi connectivity index (χ0v) is 16.0. The lowest BCUT2D eigenvalue weighted by atomic mass is 9.86. The fourth-order valence-electron chi connectivity index (χ4n) is 4.36. The Labute approximate surface area is 160 Å². The molecular weight excluding hydrogens is 344 g/mol. The molecule has 6 heteroatoms. The van der Waals surface area contributed by atoms with Crippen LogP contribution in [0.2, 0.25) is 0 Å². The number of hydrogen-bond acceptors (Lipinski definition) is 4. The molecule has 1 aromatic carbocycles. The van der Waals surface area contributed by atoms with Crippen molar-refractivity contribution < 1.29 is 19.1 Å². The maximum atomic E-state index is 12.0. The molecule has 0 heterocycles. The molecule has 2 saturated carbocycles. The van der Waals surface area contributed by atoms with Gasteiger partial charge in [0.05, 0.1) is 6.54 Å². The Kier molecular flexibility index (Phi) is 6.14.